The topological polar surface area (TPSA) is 0 Å². The van der Waals surface area contributed by atoms with Crippen molar-refractivity contribution in [2.75, 3.05) is 0 Å². The molecule has 0 bridgehead atoms. The summed E-state index contributed by atoms with van der Waals surface area (Å²) in [7, 11) is 0. The molecule has 0 spiro atoms. The van der Waals surface area contributed by atoms with Crippen molar-refractivity contribution < 1.29 is 0 Å². The van der Waals surface area contributed by atoms with E-state index in [1.165, 1.54) is 257 Å². The van der Waals surface area contributed by atoms with Gasteiger partial charge in [0, 0.05) is 91.8 Å². The first kappa shape index (κ1) is 75.0. The van der Waals surface area contributed by atoms with Gasteiger partial charge >= 0.3 is 0 Å². The molecule has 22 aromatic carbocycles. The Kier molecular flexibility index (Phi) is 17.1. The summed E-state index contributed by atoms with van der Waals surface area (Å²) in [5, 5.41) is 20.6. The summed E-state index contributed by atoms with van der Waals surface area (Å²) in [5.74, 6) is 0. The fraction of sp³-hybridized carbons (Fsp3) is 0.0159. The Hall–Kier alpha value is -15.2. The van der Waals surface area contributed by atoms with Gasteiger partial charge in [-0.05, 0) is 214 Å². The second kappa shape index (κ2) is 29.7. The van der Waals surface area contributed by atoms with Crippen molar-refractivity contribution in [3.8, 4) is 89.0 Å². The largest absolute Gasteiger partial charge is 0.135 e. The molecule has 2 aliphatic carbocycles. The second-order valence-corrected chi connectivity index (χ2v) is 39.0. The third-order valence-corrected chi connectivity index (χ3v) is 33.1. The maximum Gasteiger partial charge on any atom is 0.0719 e. The van der Waals surface area contributed by atoms with Crippen molar-refractivity contribution in [1.29, 1.82) is 0 Å². The molecule has 4 heterocycles. The summed E-state index contributed by atoms with van der Waals surface area (Å²) in [5.41, 5.74) is 29.5. The van der Waals surface area contributed by atoms with Crippen LogP contribution in [0.15, 0.2) is 461 Å². The summed E-state index contributed by atoms with van der Waals surface area (Å²) in [6.07, 6.45) is 0. The SMILES string of the molecule is c1ccc(C2(c3ccccc3)c3ccccc3-c3cccc(-c4c5cccc(-c6cccc7c6sc6ccccc67)c5cc5c(-c6cccc7c6sc6ccccc67)cccc45)c32)cc1.c1ccc(C2(c3ccccc3)c3ccccc3-c3cccc(-c4c5cccc(-c6cccc7sc8ccccc8c67)c5cc5c(-c6cccc7sc8ccccc8c67)cccc45)c32)cc1. The molecular formula is C126H76S4. The minimum Gasteiger partial charge on any atom is -0.135 e. The quantitative estimate of drug-likeness (QED) is 0.120. The molecule has 0 fully saturated rings. The van der Waals surface area contributed by atoms with E-state index < -0.39 is 10.8 Å². The number of hydrogen-bond acceptors (Lipinski definition) is 4. The molecule has 0 amide bonds. The van der Waals surface area contributed by atoms with Crippen molar-refractivity contribution in [3.05, 3.63) is 506 Å². The van der Waals surface area contributed by atoms with E-state index in [-0.39, 0.29) is 0 Å². The molecule has 28 rings (SSSR count). The standard InChI is InChI=1S/2C63H38S2/c1-3-18-39(19-4-1)63(40-20-5-2-6-21-40)54-33-10-7-22-43(54)48-31-15-32-51(62(48)63)59-46-27-13-25-41(44-29-16-36-57-60(44)49-23-8-11-34-55(49)64-57)52(46)38-53-42(26-14-28-47(53)59)45-30-17-37-58-61(45)50-24-9-12-35-56(50)65-58;1-3-18-39(19-4-1)63(40-20-5-2-6-21-40)56-35-10-7-22-43(56)48-29-15-34-53(60(48)63)59-46-27-13-25-41(49-30-16-32-51-44-23-8-11-36-57(44)64-61(49)51)54(46)38-55-42(26-14-28-47(55)59)50-31-17-33-52-45-24-9-12-37-58(45)65-62(50)52/h2*1-38H. The van der Waals surface area contributed by atoms with Gasteiger partial charge in [0.25, 0.3) is 0 Å². The normalized spacial score (nSPS) is 13.0. The highest BCUT2D eigenvalue weighted by Gasteiger charge is 2.50. The van der Waals surface area contributed by atoms with Gasteiger partial charge in [-0.2, -0.15) is 0 Å². The van der Waals surface area contributed by atoms with Crippen molar-refractivity contribution in [3.63, 3.8) is 0 Å². The molecule has 4 heteroatoms. The van der Waals surface area contributed by atoms with Crippen LogP contribution in [0, 0.1) is 0 Å². The van der Waals surface area contributed by atoms with Gasteiger partial charge in [0.2, 0.25) is 0 Å². The zero-order chi connectivity index (χ0) is 85.3. The Morgan fingerprint density at radius 1 is 0.138 bits per heavy atom. The van der Waals surface area contributed by atoms with Gasteiger partial charge in [-0.25, -0.2) is 0 Å². The highest BCUT2D eigenvalue weighted by Crippen LogP contribution is 2.64. The fourth-order valence-electron chi connectivity index (χ4n) is 23.2. The molecule has 0 N–H and O–H groups in total. The molecule has 0 nitrogen and oxygen atoms in total. The molecule has 4 aromatic heterocycles. The van der Waals surface area contributed by atoms with E-state index in [1.807, 2.05) is 45.3 Å². The number of hydrogen-bond donors (Lipinski definition) is 0. The first-order valence-electron chi connectivity index (χ1n) is 44.8. The van der Waals surface area contributed by atoms with Crippen molar-refractivity contribution >= 4 is 169 Å². The minimum atomic E-state index is -0.572. The van der Waals surface area contributed by atoms with Crippen LogP contribution in [-0.2, 0) is 10.8 Å². The molecule has 2 aliphatic rings. The number of benzene rings is 22. The zero-order valence-corrected chi connectivity index (χ0v) is 73.8. The van der Waals surface area contributed by atoms with E-state index in [0.29, 0.717) is 0 Å². The molecule has 604 valence electrons. The van der Waals surface area contributed by atoms with E-state index in [2.05, 4.69) is 461 Å². The first-order valence-corrected chi connectivity index (χ1v) is 48.1. The first-order chi connectivity index (χ1) is 64.5. The van der Waals surface area contributed by atoms with E-state index in [1.54, 1.807) is 0 Å². The van der Waals surface area contributed by atoms with Crippen LogP contribution < -0.4 is 0 Å². The molecule has 26 aromatic rings. The van der Waals surface area contributed by atoms with Gasteiger partial charge in [-0.3, -0.25) is 0 Å². The van der Waals surface area contributed by atoms with Gasteiger partial charge in [0.05, 0.1) is 10.8 Å². The van der Waals surface area contributed by atoms with Crippen LogP contribution in [0.3, 0.4) is 0 Å². The van der Waals surface area contributed by atoms with Gasteiger partial charge < -0.3 is 0 Å². The molecule has 130 heavy (non-hydrogen) atoms. The Bertz CT molecular complexity index is 8760. The predicted octanol–water partition coefficient (Wildman–Crippen LogP) is 36.2. The molecule has 0 radical (unpaired) electrons. The van der Waals surface area contributed by atoms with E-state index in [4.69, 9.17) is 0 Å². The molecule has 0 atom stereocenters. The summed E-state index contributed by atoms with van der Waals surface area (Å²) >= 11 is 7.58. The molecule has 0 saturated carbocycles. The average Bonchev–Trinajstić information content (AvgIpc) is 1.53. The van der Waals surface area contributed by atoms with Crippen LogP contribution in [0.1, 0.15) is 44.5 Å². The van der Waals surface area contributed by atoms with E-state index in [0.717, 1.165) is 0 Å². The molecule has 0 unspecified atom stereocenters. The summed E-state index contributed by atoms with van der Waals surface area (Å²) in [6, 6.07) is 174. The van der Waals surface area contributed by atoms with Gasteiger partial charge in [-0.1, -0.05) is 413 Å². The van der Waals surface area contributed by atoms with E-state index in [9.17, 15) is 0 Å². The zero-order valence-electron chi connectivity index (χ0n) is 70.5. The summed E-state index contributed by atoms with van der Waals surface area (Å²) in [4.78, 5) is 0. The van der Waals surface area contributed by atoms with Gasteiger partial charge in [0.15, 0.2) is 0 Å². The Morgan fingerprint density at radius 3 is 0.746 bits per heavy atom. The van der Waals surface area contributed by atoms with Crippen molar-refractivity contribution in [1.82, 2.24) is 0 Å². The lowest BCUT2D eigenvalue weighted by atomic mass is 9.65. The monoisotopic (exact) mass is 1720 g/mol. The van der Waals surface area contributed by atoms with Crippen molar-refractivity contribution in [2.24, 2.45) is 0 Å². The average molecular weight is 1720 g/mol. The van der Waals surface area contributed by atoms with Gasteiger partial charge in [-0.15, -0.1) is 45.3 Å². The van der Waals surface area contributed by atoms with Crippen LogP contribution in [0.5, 0.6) is 0 Å². The minimum absolute atomic E-state index is 0.569. The fourth-order valence-corrected chi connectivity index (χ4v) is 27.9. The Balaban J connectivity index is 0.000000134. The van der Waals surface area contributed by atoms with Crippen LogP contribution >= 0.6 is 45.3 Å². The Labute approximate surface area is 768 Å². The van der Waals surface area contributed by atoms with Crippen LogP contribution in [0.25, 0.3) is 213 Å². The van der Waals surface area contributed by atoms with Crippen LogP contribution in [0.4, 0.5) is 0 Å². The summed E-state index contributed by atoms with van der Waals surface area (Å²) in [6.45, 7) is 0. The highest BCUT2D eigenvalue weighted by atomic mass is 32.1. The Morgan fingerprint density at radius 2 is 0.377 bits per heavy atom. The number of rotatable bonds is 10. The lowest BCUT2D eigenvalue weighted by molar-refractivity contribution is 0.770. The van der Waals surface area contributed by atoms with Crippen LogP contribution in [-0.4, -0.2) is 0 Å². The maximum atomic E-state index is 2.53. The molecule has 0 saturated heterocycles. The summed E-state index contributed by atoms with van der Waals surface area (Å²) < 4.78 is 10.5. The van der Waals surface area contributed by atoms with E-state index >= 15 is 0 Å². The lowest BCUT2D eigenvalue weighted by Crippen LogP contribution is -2.29. The van der Waals surface area contributed by atoms with Crippen LogP contribution in [0.2, 0.25) is 0 Å². The molecule has 0 aliphatic heterocycles. The molecular weight excluding hydrogens is 1640 g/mol. The smallest absolute Gasteiger partial charge is 0.0719 e. The third-order valence-electron chi connectivity index (χ3n) is 28.3. The lowest BCUT2D eigenvalue weighted by Gasteiger charge is -2.35. The van der Waals surface area contributed by atoms with Crippen molar-refractivity contribution in [2.45, 2.75) is 10.8 Å². The number of fused-ring (bicyclic) bond motifs is 22. The maximum absolute atomic E-state index is 2.53. The predicted molar refractivity (Wildman–Crippen MR) is 562 cm³/mol. The third kappa shape index (κ3) is 10.9. The van der Waals surface area contributed by atoms with Gasteiger partial charge in [0.1, 0.15) is 0 Å². The highest BCUT2D eigenvalue weighted by molar-refractivity contribution is 7.27. The number of thiophene rings is 4. The second-order valence-electron chi connectivity index (χ2n) is 34.7.